The van der Waals surface area contributed by atoms with Crippen LogP contribution in [0.3, 0.4) is 0 Å². The summed E-state index contributed by atoms with van der Waals surface area (Å²) >= 11 is 1.17. The quantitative estimate of drug-likeness (QED) is 0.623. The average Bonchev–Trinajstić information content (AvgIpc) is 3.09. The minimum atomic E-state index is -3.84. The van der Waals surface area contributed by atoms with Gasteiger partial charge in [-0.1, -0.05) is 13.0 Å². The van der Waals surface area contributed by atoms with Crippen LogP contribution in [0, 0.1) is 12.8 Å². The molecule has 0 bridgehead atoms. The number of carbonyl (C=O) groups excluding carboxylic acids is 1. The number of carbonyl (C=O) groups is 1. The Kier molecular flexibility index (Phi) is 5.91. The number of rotatable bonds is 5. The lowest BCUT2D eigenvalue weighted by atomic mass is 10.0. The monoisotopic (exact) mass is 461 g/mol. The van der Waals surface area contributed by atoms with Crippen molar-refractivity contribution in [2.75, 3.05) is 18.4 Å². The van der Waals surface area contributed by atoms with E-state index >= 15 is 0 Å². The summed E-state index contributed by atoms with van der Waals surface area (Å²) in [6.07, 6.45) is 4.40. The van der Waals surface area contributed by atoms with Crippen LogP contribution in [0.2, 0.25) is 0 Å². The molecule has 1 N–H and O–H groups in total. The second kappa shape index (κ2) is 8.48. The maximum absolute atomic E-state index is 13.4. The summed E-state index contributed by atoms with van der Waals surface area (Å²) in [6, 6.07) is 5.09. The van der Waals surface area contributed by atoms with E-state index in [1.165, 1.54) is 22.0 Å². The Bertz CT molecular complexity index is 1280. The molecule has 1 aliphatic rings. The Labute approximate surface area is 183 Å². The fourth-order valence-electron chi connectivity index (χ4n) is 3.66. The van der Waals surface area contributed by atoms with Gasteiger partial charge < -0.3 is 5.32 Å². The van der Waals surface area contributed by atoms with E-state index in [0.29, 0.717) is 34.5 Å². The van der Waals surface area contributed by atoms with Crippen molar-refractivity contribution in [2.45, 2.75) is 38.1 Å². The largest absolute Gasteiger partial charge is 0.309 e. The van der Waals surface area contributed by atoms with E-state index in [1.54, 1.807) is 31.3 Å². The van der Waals surface area contributed by atoms with Gasteiger partial charge in [-0.3, -0.25) is 14.2 Å². The third-order valence-corrected chi connectivity index (χ3v) is 8.60. The topological polar surface area (TPSA) is 114 Å². The molecular formula is C20H23N5O4S2. The molecule has 0 saturated carbocycles. The van der Waals surface area contributed by atoms with E-state index in [-0.39, 0.29) is 16.8 Å². The first-order valence-corrected chi connectivity index (χ1v) is 12.2. The molecule has 0 unspecified atom stereocenters. The van der Waals surface area contributed by atoms with E-state index in [1.807, 2.05) is 0 Å². The highest BCUT2D eigenvalue weighted by Crippen LogP contribution is 2.34. The number of pyridine rings is 1. The number of aromatic nitrogens is 3. The summed E-state index contributed by atoms with van der Waals surface area (Å²) in [4.78, 5) is 34.7. The Balaban J connectivity index is 1.69. The lowest BCUT2D eigenvalue weighted by molar-refractivity contribution is -0.116. The van der Waals surface area contributed by atoms with Crippen molar-refractivity contribution >= 4 is 43.3 Å². The normalized spacial score (nSPS) is 15.9. The van der Waals surface area contributed by atoms with E-state index in [9.17, 15) is 18.0 Å². The van der Waals surface area contributed by atoms with Crippen LogP contribution in [-0.4, -0.2) is 46.3 Å². The number of thiophene rings is 1. The number of fused-ring (bicyclic) bond motifs is 1. The van der Waals surface area contributed by atoms with Crippen molar-refractivity contribution < 1.29 is 13.2 Å². The van der Waals surface area contributed by atoms with Crippen LogP contribution in [0.4, 0.5) is 5.82 Å². The first-order chi connectivity index (χ1) is 14.8. The Morgan fingerprint density at radius 1 is 1.26 bits per heavy atom. The highest BCUT2D eigenvalue weighted by atomic mass is 32.2. The van der Waals surface area contributed by atoms with Gasteiger partial charge in [0.2, 0.25) is 15.9 Å². The van der Waals surface area contributed by atoms with Gasteiger partial charge in [0.25, 0.3) is 5.56 Å². The van der Waals surface area contributed by atoms with Crippen LogP contribution in [0.5, 0.6) is 0 Å². The maximum atomic E-state index is 13.4. The first kappa shape index (κ1) is 21.6. The zero-order chi connectivity index (χ0) is 22.2. The van der Waals surface area contributed by atoms with Gasteiger partial charge in [0, 0.05) is 24.2 Å². The van der Waals surface area contributed by atoms with Gasteiger partial charge in [-0.25, -0.2) is 18.4 Å². The van der Waals surface area contributed by atoms with E-state index in [4.69, 9.17) is 0 Å². The highest BCUT2D eigenvalue weighted by Gasteiger charge is 2.33. The number of hydrogen-bond donors (Lipinski definition) is 1. The lowest BCUT2D eigenvalue weighted by Gasteiger charge is -2.29. The van der Waals surface area contributed by atoms with Crippen molar-refractivity contribution in [1.29, 1.82) is 0 Å². The van der Waals surface area contributed by atoms with Crippen LogP contribution < -0.4 is 10.9 Å². The van der Waals surface area contributed by atoms with Crippen LogP contribution in [-0.2, 0) is 21.4 Å². The molecule has 1 amide bonds. The SMILES string of the molecule is Cc1sc2ncn(CC(=O)Nc3ccccn3)c(=O)c2c1S(=O)(=O)N1CCC(C)CC1. The predicted octanol–water partition coefficient (Wildman–Crippen LogP) is 2.22. The summed E-state index contributed by atoms with van der Waals surface area (Å²) < 4.78 is 29.4. The number of nitrogens with zero attached hydrogens (tertiary/aromatic N) is 4. The number of piperidine rings is 1. The molecule has 1 aliphatic heterocycles. The van der Waals surface area contributed by atoms with Crippen LogP contribution in [0.15, 0.2) is 40.4 Å². The summed E-state index contributed by atoms with van der Waals surface area (Å²) in [5, 5.41) is 2.66. The molecule has 0 spiro atoms. The fraction of sp³-hybridized carbons (Fsp3) is 0.400. The second-order valence-corrected chi connectivity index (χ2v) is 10.8. The van der Waals surface area contributed by atoms with Gasteiger partial charge in [-0.15, -0.1) is 11.3 Å². The Morgan fingerprint density at radius 3 is 2.68 bits per heavy atom. The van der Waals surface area contributed by atoms with Gasteiger partial charge >= 0.3 is 0 Å². The van der Waals surface area contributed by atoms with Crippen LogP contribution >= 0.6 is 11.3 Å². The number of sulfonamides is 1. The third kappa shape index (κ3) is 4.25. The van der Waals surface area contributed by atoms with Crippen LogP contribution in [0.25, 0.3) is 10.2 Å². The van der Waals surface area contributed by atoms with Crippen molar-refractivity contribution in [3.63, 3.8) is 0 Å². The number of anilines is 1. The molecule has 11 heteroatoms. The zero-order valence-corrected chi connectivity index (χ0v) is 18.9. The molecule has 0 atom stereocenters. The van der Waals surface area contributed by atoms with E-state index in [0.717, 1.165) is 17.4 Å². The van der Waals surface area contributed by atoms with Crippen molar-refractivity contribution in [1.82, 2.24) is 18.8 Å². The number of aryl methyl sites for hydroxylation is 1. The third-order valence-electron chi connectivity index (χ3n) is 5.39. The maximum Gasteiger partial charge on any atom is 0.263 e. The smallest absolute Gasteiger partial charge is 0.263 e. The predicted molar refractivity (Wildman–Crippen MR) is 119 cm³/mol. The molecule has 1 saturated heterocycles. The van der Waals surface area contributed by atoms with Gasteiger partial charge in [0.1, 0.15) is 22.1 Å². The van der Waals surface area contributed by atoms with Crippen molar-refractivity contribution in [3.8, 4) is 0 Å². The summed E-state index contributed by atoms with van der Waals surface area (Å²) in [6.45, 7) is 4.35. The van der Waals surface area contributed by atoms with Crippen LogP contribution in [0.1, 0.15) is 24.6 Å². The molecule has 164 valence electrons. The van der Waals surface area contributed by atoms with Gasteiger partial charge in [-0.05, 0) is 37.8 Å². The molecule has 1 fully saturated rings. The van der Waals surface area contributed by atoms with Gasteiger partial charge in [0.05, 0.1) is 11.7 Å². The summed E-state index contributed by atoms with van der Waals surface area (Å²) in [7, 11) is -3.84. The molecule has 0 aliphatic carbocycles. The molecule has 9 nitrogen and oxygen atoms in total. The molecular weight excluding hydrogens is 438 g/mol. The zero-order valence-electron chi connectivity index (χ0n) is 17.2. The Hall–Kier alpha value is -2.63. The van der Waals surface area contributed by atoms with Crippen molar-refractivity contribution in [3.05, 3.63) is 46.0 Å². The molecule has 0 radical (unpaired) electrons. The van der Waals surface area contributed by atoms with Gasteiger partial charge in [0.15, 0.2) is 0 Å². The summed E-state index contributed by atoms with van der Waals surface area (Å²) in [5.41, 5.74) is -0.547. The minimum absolute atomic E-state index is 0.0130. The molecule has 4 heterocycles. The number of nitrogens with one attached hydrogen (secondary N) is 1. The summed E-state index contributed by atoms with van der Waals surface area (Å²) in [5.74, 6) is 0.384. The average molecular weight is 462 g/mol. The molecule has 0 aromatic carbocycles. The first-order valence-electron chi connectivity index (χ1n) is 9.97. The number of hydrogen-bond acceptors (Lipinski definition) is 7. The second-order valence-electron chi connectivity index (χ2n) is 7.69. The lowest BCUT2D eigenvalue weighted by Crippen LogP contribution is -2.38. The fourth-order valence-corrected chi connectivity index (χ4v) is 6.80. The van der Waals surface area contributed by atoms with Gasteiger partial charge in [-0.2, -0.15) is 4.31 Å². The molecule has 3 aromatic rings. The number of amides is 1. The minimum Gasteiger partial charge on any atom is -0.309 e. The standard InChI is InChI=1S/C20H23N5O4S2/c1-13-6-9-25(10-7-13)31(28,29)18-14(2)30-19-17(18)20(27)24(12-22-19)11-16(26)23-15-5-3-4-8-21-15/h3-5,8,12-13H,6-7,9-11H2,1-2H3,(H,21,23,26). The molecule has 4 rings (SSSR count). The highest BCUT2D eigenvalue weighted by molar-refractivity contribution is 7.89. The van der Waals surface area contributed by atoms with E-state index in [2.05, 4.69) is 22.2 Å². The van der Waals surface area contributed by atoms with Crippen molar-refractivity contribution in [2.24, 2.45) is 5.92 Å². The Morgan fingerprint density at radius 2 is 2.00 bits per heavy atom. The van der Waals surface area contributed by atoms with E-state index < -0.39 is 21.5 Å². The molecule has 31 heavy (non-hydrogen) atoms. The molecule has 3 aromatic heterocycles.